The molecule has 1 aromatic heterocycles. The summed E-state index contributed by atoms with van der Waals surface area (Å²) in [5, 5.41) is 2.87. The van der Waals surface area contributed by atoms with E-state index in [9.17, 15) is 4.79 Å². The molecule has 4 rings (SSSR count). The monoisotopic (exact) mass is 543 g/mol. The lowest BCUT2D eigenvalue weighted by Crippen LogP contribution is -2.21. The topological polar surface area (TPSA) is 76.2 Å². The maximum atomic E-state index is 12.6. The van der Waals surface area contributed by atoms with Gasteiger partial charge in [0.2, 0.25) is 0 Å². The van der Waals surface area contributed by atoms with E-state index in [4.69, 9.17) is 9.47 Å². The number of hydrogen-bond acceptors (Lipinski definition) is 4. The number of methoxy groups -OCH3 is 1. The van der Waals surface area contributed by atoms with Crippen LogP contribution in [-0.4, -0.2) is 29.6 Å². The van der Waals surface area contributed by atoms with E-state index in [2.05, 4.69) is 47.1 Å². The van der Waals surface area contributed by atoms with Crippen LogP contribution in [0.3, 0.4) is 0 Å². The van der Waals surface area contributed by atoms with E-state index in [1.807, 2.05) is 55.5 Å². The van der Waals surface area contributed by atoms with Crippen LogP contribution in [0.4, 0.5) is 5.69 Å². The van der Waals surface area contributed by atoms with Gasteiger partial charge in [-0.15, -0.1) is 0 Å². The van der Waals surface area contributed by atoms with E-state index in [-0.39, 0.29) is 12.5 Å². The Kier molecular flexibility index (Phi) is 6.29. The molecule has 0 spiro atoms. The molecule has 0 atom stereocenters. The largest absolute Gasteiger partial charge is 0.495 e. The SMILES string of the molecule is COc1ccc(-c2nc3ccccc3[nH]2)cc1NC(=O)COc1c(C)cc(Br)cc1Br. The molecule has 0 bridgehead atoms. The highest BCUT2D eigenvalue weighted by Crippen LogP contribution is 2.33. The molecule has 158 valence electrons. The molecule has 0 unspecified atom stereocenters. The van der Waals surface area contributed by atoms with Crippen LogP contribution in [0, 0.1) is 6.92 Å². The van der Waals surface area contributed by atoms with Crippen molar-refractivity contribution in [2.24, 2.45) is 0 Å². The van der Waals surface area contributed by atoms with Gasteiger partial charge in [-0.1, -0.05) is 28.1 Å². The van der Waals surface area contributed by atoms with E-state index in [1.54, 1.807) is 13.2 Å². The molecule has 1 heterocycles. The van der Waals surface area contributed by atoms with Crippen molar-refractivity contribution in [3.05, 3.63) is 69.1 Å². The quantitative estimate of drug-likeness (QED) is 0.308. The van der Waals surface area contributed by atoms with E-state index in [0.29, 0.717) is 23.0 Å². The molecular weight excluding hydrogens is 526 g/mol. The molecule has 0 aliphatic heterocycles. The van der Waals surface area contributed by atoms with Crippen molar-refractivity contribution in [1.82, 2.24) is 9.97 Å². The van der Waals surface area contributed by atoms with Crippen LogP contribution in [0.1, 0.15) is 5.56 Å². The predicted octanol–water partition coefficient (Wildman–Crippen LogP) is 6.09. The van der Waals surface area contributed by atoms with Crippen molar-refractivity contribution < 1.29 is 14.3 Å². The van der Waals surface area contributed by atoms with Crippen molar-refractivity contribution in [3.8, 4) is 22.9 Å². The summed E-state index contributed by atoms with van der Waals surface area (Å²) in [5.41, 5.74) is 4.12. The van der Waals surface area contributed by atoms with Crippen LogP contribution < -0.4 is 14.8 Å². The van der Waals surface area contributed by atoms with Crippen LogP contribution >= 0.6 is 31.9 Å². The van der Waals surface area contributed by atoms with Gasteiger partial charge in [-0.05, 0) is 70.9 Å². The van der Waals surface area contributed by atoms with Gasteiger partial charge in [0.1, 0.15) is 17.3 Å². The van der Waals surface area contributed by atoms with Crippen LogP contribution in [-0.2, 0) is 4.79 Å². The fourth-order valence-electron chi connectivity index (χ4n) is 3.24. The molecule has 0 fully saturated rings. The first-order valence-corrected chi connectivity index (χ1v) is 11.0. The van der Waals surface area contributed by atoms with Crippen molar-refractivity contribution in [3.63, 3.8) is 0 Å². The van der Waals surface area contributed by atoms with Gasteiger partial charge in [0.05, 0.1) is 28.3 Å². The third-order valence-electron chi connectivity index (χ3n) is 4.68. The zero-order chi connectivity index (χ0) is 22.0. The fourth-order valence-corrected chi connectivity index (χ4v) is 4.79. The number of ether oxygens (including phenoxy) is 2. The number of nitrogens with zero attached hydrogens (tertiary/aromatic N) is 1. The van der Waals surface area contributed by atoms with Gasteiger partial charge in [0.25, 0.3) is 5.91 Å². The lowest BCUT2D eigenvalue weighted by atomic mass is 10.1. The Morgan fingerprint density at radius 2 is 1.94 bits per heavy atom. The maximum Gasteiger partial charge on any atom is 0.262 e. The number of rotatable bonds is 6. The number of amides is 1. The maximum absolute atomic E-state index is 12.6. The summed E-state index contributed by atoms with van der Waals surface area (Å²) in [5.74, 6) is 1.59. The van der Waals surface area contributed by atoms with Gasteiger partial charge in [0.15, 0.2) is 6.61 Å². The van der Waals surface area contributed by atoms with E-state index in [0.717, 1.165) is 31.1 Å². The second-order valence-electron chi connectivity index (χ2n) is 6.89. The number of benzene rings is 3. The Balaban J connectivity index is 1.53. The Bertz CT molecular complexity index is 1210. The smallest absolute Gasteiger partial charge is 0.262 e. The molecule has 4 aromatic rings. The molecule has 3 aromatic carbocycles. The number of carbonyl (C=O) groups excluding carboxylic acids is 1. The molecular formula is C23H19Br2N3O3. The van der Waals surface area contributed by atoms with Crippen molar-refractivity contribution in [2.75, 3.05) is 19.0 Å². The molecule has 0 saturated heterocycles. The molecule has 0 aliphatic rings. The minimum Gasteiger partial charge on any atom is -0.495 e. The average molecular weight is 545 g/mol. The highest BCUT2D eigenvalue weighted by Gasteiger charge is 2.14. The highest BCUT2D eigenvalue weighted by atomic mass is 79.9. The first-order chi connectivity index (χ1) is 14.9. The number of aromatic nitrogens is 2. The molecule has 31 heavy (non-hydrogen) atoms. The summed E-state index contributed by atoms with van der Waals surface area (Å²) < 4.78 is 12.9. The minimum absolute atomic E-state index is 0.140. The normalized spacial score (nSPS) is 10.8. The Hall–Kier alpha value is -2.84. The second kappa shape index (κ2) is 9.11. The zero-order valence-electron chi connectivity index (χ0n) is 16.8. The number of aryl methyl sites for hydroxylation is 1. The van der Waals surface area contributed by atoms with Crippen molar-refractivity contribution in [1.29, 1.82) is 0 Å². The van der Waals surface area contributed by atoms with Crippen LogP contribution in [0.15, 0.2) is 63.5 Å². The third kappa shape index (κ3) is 4.75. The number of para-hydroxylation sites is 2. The lowest BCUT2D eigenvalue weighted by molar-refractivity contribution is -0.118. The molecule has 2 N–H and O–H groups in total. The predicted molar refractivity (Wildman–Crippen MR) is 129 cm³/mol. The lowest BCUT2D eigenvalue weighted by Gasteiger charge is -2.14. The molecule has 6 nitrogen and oxygen atoms in total. The van der Waals surface area contributed by atoms with Crippen molar-refractivity contribution >= 4 is 54.5 Å². The standard InChI is InChI=1S/C23H19Br2N3O3/c1-13-9-15(24)11-16(25)22(13)31-12-21(29)26-19-10-14(7-8-20(19)30-2)23-27-17-5-3-4-6-18(17)28-23/h3-11H,12H2,1-2H3,(H,26,29)(H,27,28). The summed E-state index contributed by atoms with van der Waals surface area (Å²) >= 11 is 6.91. The number of carbonyl (C=O) groups is 1. The van der Waals surface area contributed by atoms with Gasteiger partial charge >= 0.3 is 0 Å². The number of imidazole rings is 1. The highest BCUT2D eigenvalue weighted by molar-refractivity contribution is 9.11. The summed E-state index contributed by atoms with van der Waals surface area (Å²) in [6, 6.07) is 17.1. The number of fused-ring (bicyclic) bond motifs is 1. The average Bonchev–Trinajstić information content (AvgIpc) is 3.17. The number of aromatic amines is 1. The molecule has 0 aliphatic carbocycles. The van der Waals surface area contributed by atoms with E-state index in [1.165, 1.54) is 0 Å². The van der Waals surface area contributed by atoms with Gasteiger partial charge in [-0.3, -0.25) is 4.79 Å². The zero-order valence-corrected chi connectivity index (χ0v) is 20.0. The van der Waals surface area contributed by atoms with Gasteiger partial charge < -0.3 is 19.8 Å². The first-order valence-electron chi connectivity index (χ1n) is 9.46. The number of hydrogen-bond donors (Lipinski definition) is 2. The summed E-state index contributed by atoms with van der Waals surface area (Å²) in [4.78, 5) is 20.5. The fraction of sp³-hybridized carbons (Fsp3) is 0.130. The van der Waals surface area contributed by atoms with E-state index < -0.39 is 0 Å². The number of H-pyrrole nitrogens is 1. The third-order valence-corrected chi connectivity index (χ3v) is 5.72. The van der Waals surface area contributed by atoms with Gasteiger partial charge in [-0.2, -0.15) is 0 Å². The second-order valence-corrected chi connectivity index (χ2v) is 8.66. The Morgan fingerprint density at radius 3 is 2.68 bits per heavy atom. The van der Waals surface area contributed by atoms with Crippen molar-refractivity contribution in [2.45, 2.75) is 6.92 Å². The van der Waals surface area contributed by atoms with Gasteiger partial charge in [0, 0.05) is 10.0 Å². The molecule has 0 radical (unpaired) electrons. The van der Waals surface area contributed by atoms with Crippen LogP contribution in [0.5, 0.6) is 11.5 Å². The van der Waals surface area contributed by atoms with Gasteiger partial charge in [-0.25, -0.2) is 4.98 Å². The number of nitrogens with one attached hydrogen (secondary N) is 2. The summed E-state index contributed by atoms with van der Waals surface area (Å²) in [7, 11) is 1.56. The summed E-state index contributed by atoms with van der Waals surface area (Å²) in [6.45, 7) is 1.78. The Labute approximate surface area is 196 Å². The molecule has 1 amide bonds. The summed E-state index contributed by atoms with van der Waals surface area (Å²) in [6.07, 6.45) is 0. The number of halogens is 2. The van der Waals surface area contributed by atoms with Crippen LogP contribution in [0.2, 0.25) is 0 Å². The molecule has 0 saturated carbocycles. The minimum atomic E-state index is -0.297. The molecule has 8 heteroatoms. The van der Waals surface area contributed by atoms with E-state index >= 15 is 0 Å². The Morgan fingerprint density at radius 1 is 1.13 bits per heavy atom. The van der Waals surface area contributed by atoms with Crippen LogP contribution in [0.25, 0.3) is 22.4 Å². The number of anilines is 1. The first kappa shape index (κ1) is 21.4.